The van der Waals surface area contributed by atoms with Crippen molar-refractivity contribution >= 4 is 5.91 Å². The van der Waals surface area contributed by atoms with E-state index in [0.29, 0.717) is 12.8 Å². The molecule has 1 saturated carbocycles. The Bertz CT molecular complexity index is 456. The summed E-state index contributed by atoms with van der Waals surface area (Å²) >= 11 is 0. The summed E-state index contributed by atoms with van der Waals surface area (Å²) in [6.45, 7) is -2.05. The summed E-state index contributed by atoms with van der Waals surface area (Å²) in [5.74, 6) is 0.966. The number of halogens is 2. The van der Waals surface area contributed by atoms with Crippen LogP contribution in [0, 0.1) is 5.92 Å². The van der Waals surface area contributed by atoms with E-state index >= 15 is 0 Å². The molecule has 1 aromatic rings. The van der Waals surface area contributed by atoms with E-state index in [-0.39, 0.29) is 11.7 Å². The first-order valence-electron chi connectivity index (χ1n) is 7.94. The van der Waals surface area contributed by atoms with Crippen LogP contribution in [0.2, 0.25) is 0 Å². The molecule has 1 aliphatic carbocycles. The Labute approximate surface area is 130 Å². The molecule has 0 aliphatic heterocycles. The molecule has 1 N–H and O–H groups in total. The molecule has 0 heterocycles. The van der Waals surface area contributed by atoms with Crippen molar-refractivity contribution in [3.05, 3.63) is 29.8 Å². The highest BCUT2D eigenvalue weighted by molar-refractivity contribution is 5.76. The second-order valence-corrected chi connectivity index (χ2v) is 5.81. The van der Waals surface area contributed by atoms with Crippen molar-refractivity contribution in [1.29, 1.82) is 0 Å². The third kappa shape index (κ3) is 6.00. The maximum absolute atomic E-state index is 12.0. The van der Waals surface area contributed by atoms with Gasteiger partial charge in [-0.1, -0.05) is 37.8 Å². The maximum Gasteiger partial charge on any atom is 0.387 e. The molecule has 0 radical (unpaired) electrons. The minimum atomic E-state index is -2.81. The zero-order valence-electron chi connectivity index (χ0n) is 12.7. The molecule has 0 saturated heterocycles. The van der Waals surface area contributed by atoms with Gasteiger partial charge in [0, 0.05) is 13.0 Å². The molecule has 1 aliphatic rings. The standard InChI is InChI=1S/C17H23F2NO2/c18-17(19)22-15-8-5-14(6-9-15)7-10-16(21)20-12-11-13-3-1-2-4-13/h5-6,8-9,13,17H,1-4,7,10-12H2,(H,20,21). The van der Waals surface area contributed by atoms with Crippen LogP contribution in [0.15, 0.2) is 24.3 Å². The second-order valence-electron chi connectivity index (χ2n) is 5.81. The maximum atomic E-state index is 12.0. The number of carbonyl (C=O) groups is 1. The molecule has 2 rings (SSSR count). The number of benzene rings is 1. The molecule has 1 amide bonds. The Morgan fingerprint density at radius 1 is 1.23 bits per heavy atom. The molecule has 0 bridgehead atoms. The molecule has 0 unspecified atom stereocenters. The summed E-state index contributed by atoms with van der Waals surface area (Å²) in [5, 5.41) is 2.95. The number of amides is 1. The Hall–Kier alpha value is -1.65. The highest BCUT2D eigenvalue weighted by Gasteiger charge is 2.14. The fourth-order valence-corrected chi connectivity index (χ4v) is 2.90. The van der Waals surface area contributed by atoms with Crippen LogP contribution in [0.1, 0.15) is 44.1 Å². The molecule has 5 heteroatoms. The number of rotatable bonds is 8. The SMILES string of the molecule is O=C(CCc1ccc(OC(F)F)cc1)NCCC1CCCC1. The Morgan fingerprint density at radius 2 is 1.91 bits per heavy atom. The van der Waals surface area contributed by atoms with Crippen LogP contribution in [0.3, 0.4) is 0 Å². The first-order valence-corrected chi connectivity index (χ1v) is 7.94. The van der Waals surface area contributed by atoms with Crippen molar-refractivity contribution < 1.29 is 18.3 Å². The molecule has 1 aromatic carbocycles. The molecule has 122 valence electrons. The molecular weight excluding hydrogens is 288 g/mol. The average molecular weight is 311 g/mol. The normalized spacial score (nSPS) is 15.2. The van der Waals surface area contributed by atoms with E-state index in [9.17, 15) is 13.6 Å². The van der Waals surface area contributed by atoms with Crippen molar-refractivity contribution in [3.63, 3.8) is 0 Å². The van der Waals surface area contributed by atoms with Crippen molar-refractivity contribution in [2.75, 3.05) is 6.54 Å². The lowest BCUT2D eigenvalue weighted by atomic mass is 10.0. The summed E-state index contributed by atoms with van der Waals surface area (Å²) in [4.78, 5) is 11.8. The third-order valence-electron chi connectivity index (χ3n) is 4.14. The summed E-state index contributed by atoms with van der Waals surface area (Å²) in [5.41, 5.74) is 0.938. The Kier molecular flexibility index (Phi) is 6.62. The number of nitrogens with one attached hydrogen (secondary N) is 1. The van der Waals surface area contributed by atoms with Crippen LogP contribution in [0.25, 0.3) is 0 Å². The zero-order valence-corrected chi connectivity index (χ0v) is 12.7. The smallest absolute Gasteiger partial charge is 0.387 e. The van der Waals surface area contributed by atoms with Gasteiger partial charge in [0.25, 0.3) is 0 Å². The first-order chi connectivity index (χ1) is 10.6. The number of ether oxygens (including phenoxy) is 1. The van der Waals surface area contributed by atoms with Crippen LogP contribution < -0.4 is 10.1 Å². The largest absolute Gasteiger partial charge is 0.435 e. The van der Waals surface area contributed by atoms with E-state index in [4.69, 9.17) is 0 Å². The summed E-state index contributed by atoms with van der Waals surface area (Å²) < 4.78 is 28.3. The molecule has 0 spiro atoms. The molecule has 0 aromatic heterocycles. The monoisotopic (exact) mass is 311 g/mol. The fourth-order valence-electron chi connectivity index (χ4n) is 2.90. The van der Waals surface area contributed by atoms with Gasteiger partial charge in [0.1, 0.15) is 5.75 Å². The zero-order chi connectivity index (χ0) is 15.8. The van der Waals surface area contributed by atoms with Gasteiger partial charge in [-0.25, -0.2) is 0 Å². The fraction of sp³-hybridized carbons (Fsp3) is 0.588. The lowest BCUT2D eigenvalue weighted by Crippen LogP contribution is -2.25. The van der Waals surface area contributed by atoms with Crippen molar-refractivity contribution in [2.45, 2.75) is 51.6 Å². The minimum Gasteiger partial charge on any atom is -0.435 e. The van der Waals surface area contributed by atoms with Gasteiger partial charge in [-0.2, -0.15) is 8.78 Å². The van der Waals surface area contributed by atoms with Crippen LogP contribution in [0.5, 0.6) is 5.75 Å². The van der Waals surface area contributed by atoms with Gasteiger partial charge >= 0.3 is 6.61 Å². The topological polar surface area (TPSA) is 38.3 Å². The number of hydrogen-bond acceptors (Lipinski definition) is 2. The second kappa shape index (κ2) is 8.71. The van der Waals surface area contributed by atoms with E-state index in [1.807, 2.05) is 0 Å². The Morgan fingerprint density at radius 3 is 2.55 bits per heavy atom. The van der Waals surface area contributed by atoms with Gasteiger partial charge in [0.05, 0.1) is 0 Å². The third-order valence-corrected chi connectivity index (χ3v) is 4.14. The van der Waals surface area contributed by atoms with Gasteiger partial charge in [-0.05, 0) is 36.5 Å². The van der Waals surface area contributed by atoms with Gasteiger partial charge in [0.15, 0.2) is 0 Å². The number of hydrogen-bond donors (Lipinski definition) is 1. The van der Waals surface area contributed by atoms with Gasteiger partial charge in [-0.3, -0.25) is 4.79 Å². The van der Waals surface area contributed by atoms with E-state index < -0.39 is 6.61 Å². The molecular formula is C17H23F2NO2. The van der Waals surface area contributed by atoms with E-state index in [1.165, 1.54) is 37.8 Å². The van der Waals surface area contributed by atoms with Crippen LogP contribution in [0.4, 0.5) is 8.78 Å². The van der Waals surface area contributed by atoms with Crippen molar-refractivity contribution in [3.8, 4) is 5.75 Å². The van der Waals surface area contributed by atoms with E-state index in [2.05, 4.69) is 10.1 Å². The van der Waals surface area contributed by atoms with Gasteiger partial charge < -0.3 is 10.1 Å². The quantitative estimate of drug-likeness (QED) is 0.790. The van der Waals surface area contributed by atoms with E-state index in [1.54, 1.807) is 12.1 Å². The van der Waals surface area contributed by atoms with Crippen molar-refractivity contribution in [2.24, 2.45) is 5.92 Å². The summed E-state index contributed by atoms with van der Waals surface area (Å²) in [6, 6.07) is 6.42. The minimum absolute atomic E-state index is 0.0471. The molecule has 0 atom stereocenters. The van der Waals surface area contributed by atoms with Crippen LogP contribution >= 0.6 is 0 Å². The molecule has 3 nitrogen and oxygen atoms in total. The highest BCUT2D eigenvalue weighted by Crippen LogP contribution is 2.26. The Balaban J connectivity index is 1.62. The predicted octanol–water partition coefficient (Wildman–Crippen LogP) is 3.92. The van der Waals surface area contributed by atoms with Crippen LogP contribution in [-0.2, 0) is 11.2 Å². The predicted molar refractivity (Wildman–Crippen MR) is 81.0 cm³/mol. The summed E-state index contributed by atoms with van der Waals surface area (Å²) in [7, 11) is 0. The molecule has 1 fully saturated rings. The van der Waals surface area contributed by atoms with Crippen LogP contribution in [-0.4, -0.2) is 19.1 Å². The number of carbonyl (C=O) groups excluding carboxylic acids is 1. The van der Waals surface area contributed by atoms with Gasteiger partial charge in [0.2, 0.25) is 5.91 Å². The first kappa shape index (κ1) is 16.7. The average Bonchev–Trinajstić information content (AvgIpc) is 2.99. The lowest BCUT2D eigenvalue weighted by molar-refractivity contribution is -0.121. The molecule has 22 heavy (non-hydrogen) atoms. The highest BCUT2D eigenvalue weighted by atomic mass is 19.3. The number of alkyl halides is 2. The van der Waals surface area contributed by atoms with Crippen molar-refractivity contribution in [1.82, 2.24) is 5.32 Å². The lowest BCUT2D eigenvalue weighted by Gasteiger charge is -2.10. The van der Waals surface area contributed by atoms with E-state index in [0.717, 1.165) is 24.4 Å². The number of aryl methyl sites for hydroxylation is 1. The van der Waals surface area contributed by atoms with Gasteiger partial charge in [-0.15, -0.1) is 0 Å². The summed E-state index contributed by atoms with van der Waals surface area (Å²) in [6.07, 6.45) is 7.33.